The van der Waals surface area contributed by atoms with Gasteiger partial charge in [-0.2, -0.15) is 0 Å². The van der Waals surface area contributed by atoms with E-state index in [1.54, 1.807) is 11.8 Å². The first-order valence-electron chi connectivity index (χ1n) is 8.91. The third kappa shape index (κ3) is 5.26. The van der Waals surface area contributed by atoms with E-state index in [1.165, 1.54) is 42.4 Å². The molecule has 1 N–H and O–H groups in total. The van der Waals surface area contributed by atoms with Gasteiger partial charge in [-0.15, -0.1) is 11.8 Å². The van der Waals surface area contributed by atoms with E-state index in [9.17, 15) is 4.79 Å². The molecule has 132 valence electrons. The Bertz CT molecular complexity index is 729. The van der Waals surface area contributed by atoms with Gasteiger partial charge in [0.2, 0.25) is 5.91 Å². The Balaban J connectivity index is 1.48. The van der Waals surface area contributed by atoms with Crippen molar-refractivity contribution >= 4 is 29.3 Å². The molecule has 0 saturated heterocycles. The molecular weight excluding hydrogens is 350 g/mol. The second-order valence-electron chi connectivity index (χ2n) is 6.58. The monoisotopic (exact) mass is 373 g/mol. The molecule has 0 fully saturated rings. The number of carbonyl (C=O) groups excluding carboxylic acids is 1. The summed E-state index contributed by atoms with van der Waals surface area (Å²) in [6.45, 7) is 2.06. The molecule has 0 unspecified atom stereocenters. The lowest BCUT2D eigenvalue weighted by atomic mass is 9.89. The molecule has 25 heavy (non-hydrogen) atoms. The number of fused-ring (bicyclic) bond motifs is 1. The van der Waals surface area contributed by atoms with Crippen LogP contribution in [0.25, 0.3) is 0 Å². The van der Waals surface area contributed by atoms with E-state index in [2.05, 4.69) is 30.4 Å². The van der Waals surface area contributed by atoms with Crippen molar-refractivity contribution in [3.63, 3.8) is 0 Å². The van der Waals surface area contributed by atoms with Gasteiger partial charge in [0.15, 0.2) is 0 Å². The fourth-order valence-electron chi connectivity index (χ4n) is 3.21. The lowest BCUT2D eigenvalue weighted by Gasteiger charge is -2.20. The predicted octanol–water partition coefficient (Wildman–Crippen LogP) is 5.58. The summed E-state index contributed by atoms with van der Waals surface area (Å²) in [5.41, 5.74) is 4.15. The number of benzene rings is 2. The highest BCUT2D eigenvalue weighted by Gasteiger charge is 2.14. The topological polar surface area (TPSA) is 29.1 Å². The van der Waals surface area contributed by atoms with Crippen LogP contribution in [0.15, 0.2) is 47.4 Å². The largest absolute Gasteiger partial charge is 0.350 e. The molecule has 4 heteroatoms. The van der Waals surface area contributed by atoms with Crippen LogP contribution in [0.5, 0.6) is 0 Å². The summed E-state index contributed by atoms with van der Waals surface area (Å²) in [5.74, 6) is 0.872. The van der Waals surface area contributed by atoms with Crippen LogP contribution in [-0.4, -0.2) is 11.7 Å². The molecule has 2 aromatic rings. The Morgan fingerprint density at radius 2 is 1.84 bits per heavy atom. The summed E-state index contributed by atoms with van der Waals surface area (Å²) >= 11 is 7.56. The Kier molecular flexibility index (Phi) is 6.44. The van der Waals surface area contributed by atoms with Crippen LogP contribution < -0.4 is 5.32 Å². The van der Waals surface area contributed by atoms with Gasteiger partial charge in [0.25, 0.3) is 0 Å². The second kappa shape index (κ2) is 8.77. The number of halogens is 1. The van der Waals surface area contributed by atoms with Crippen LogP contribution in [-0.2, 0) is 17.6 Å². The first-order chi connectivity index (χ1) is 12.1. The van der Waals surface area contributed by atoms with E-state index >= 15 is 0 Å². The molecule has 3 rings (SSSR count). The zero-order valence-electron chi connectivity index (χ0n) is 14.6. The van der Waals surface area contributed by atoms with Gasteiger partial charge >= 0.3 is 0 Å². The maximum atomic E-state index is 12.2. The van der Waals surface area contributed by atoms with Crippen LogP contribution in [0.1, 0.15) is 48.9 Å². The Labute approximate surface area is 159 Å². The fraction of sp³-hybridized carbons (Fsp3) is 0.381. The first-order valence-corrected chi connectivity index (χ1v) is 10.3. The van der Waals surface area contributed by atoms with Crippen molar-refractivity contribution in [2.24, 2.45) is 0 Å². The summed E-state index contributed by atoms with van der Waals surface area (Å²) in [7, 11) is 0. The SMILES string of the molecule is C[C@H](NC(=O)CCSc1ccc(Cl)cc1)c1ccc2c(c1)CCCC2. The summed E-state index contributed by atoms with van der Waals surface area (Å²) in [4.78, 5) is 13.4. The number of rotatable bonds is 6. The molecule has 2 aromatic carbocycles. The number of aryl methyl sites for hydroxylation is 2. The third-order valence-electron chi connectivity index (χ3n) is 4.66. The lowest BCUT2D eigenvalue weighted by molar-refractivity contribution is -0.121. The Hall–Kier alpha value is -1.45. The minimum atomic E-state index is 0.0558. The van der Waals surface area contributed by atoms with Gasteiger partial charge in [0.05, 0.1) is 6.04 Å². The van der Waals surface area contributed by atoms with Gasteiger partial charge in [-0.05, 0) is 73.6 Å². The van der Waals surface area contributed by atoms with Gasteiger partial charge in [-0.3, -0.25) is 4.79 Å². The smallest absolute Gasteiger partial charge is 0.221 e. The second-order valence-corrected chi connectivity index (χ2v) is 8.18. The highest BCUT2D eigenvalue weighted by Crippen LogP contribution is 2.25. The van der Waals surface area contributed by atoms with E-state index < -0.39 is 0 Å². The molecule has 1 aliphatic carbocycles. The van der Waals surface area contributed by atoms with E-state index in [0.29, 0.717) is 6.42 Å². The number of hydrogen-bond acceptors (Lipinski definition) is 2. The summed E-state index contributed by atoms with van der Waals surface area (Å²) in [6.07, 6.45) is 5.45. The molecule has 0 bridgehead atoms. The molecule has 2 nitrogen and oxygen atoms in total. The molecule has 0 heterocycles. The average Bonchev–Trinajstić information content (AvgIpc) is 2.63. The molecule has 0 spiro atoms. The lowest BCUT2D eigenvalue weighted by Crippen LogP contribution is -2.27. The summed E-state index contributed by atoms with van der Waals surface area (Å²) < 4.78 is 0. The minimum Gasteiger partial charge on any atom is -0.350 e. The zero-order valence-corrected chi connectivity index (χ0v) is 16.1. The van der Waals surface area contributed by atoms with E-state index in [1.807, 2.05) is 24.3 Å². The Morgan fingerprint density at radius 3 is 2.60 bits per heavy atom. The van der Waals surface area contributed by atoms with Crippen LogP contribution >= 0.6 is 23.4 Å². The van der Waals surface area contributed by atoms with Gasteiger partial charge in [0, 0.05) is 22.1 Å². The van der Waals surface area contributed by atoms with Gasteiger partial charge in [-0.25, -0.2) is 0 Å². The molecule has 0 aliphatic heterocycles. The molecule has 0 aromatic heterocycles. The average molecular weight is 374 g/mol. The van der Waals surface area contributed by atoms with Crippen LogP contribution in [0.4, 0.5) is 0 Å². The van der Waals surface area contributed by atoms with Crippen molar-refractivity contribution in [1.82, 2.24) is 5.32 Å². The summed E-state index contributed by atoms with van der Waals surface area (Å²) in [6, 6.07) is 14.5. The van der Waals surface area contributed by atoms with Crippen molar-refractivity contribution < 1.29 is 4.79 Å². The van der Waals surface area contributed by atoms with E-state index in [0.717, 1.165) is 15.7 Å². The molecular formula is C21H24ClNOS. The highest BCUT2D eigenvalue weighted by molar-refractivity contribution is 7.99. The van der Waals surface area contributed by atoms with Crippen LogP contribution in [0.2, 0.25) is 5.02 Å². The number of amides is 1. The number of thioether (sulfide) groups is 1. The van der Waals surface area contributed by atoms with Crippen LogP contribution in [0, 0.1) is 0 Å². The zero-order chi connectivity index (χ0) is 17.6. The predicted molar refractivity (Wildman–Crippen MR) is 106 cm³/mol. The fourth-order valence-corrected chi connectivity index (χ4v) is 4.19. The molecule has 1 aliphatic rings. The van der Waals surface area contributed by atoms with Crippen molar-refractivity contribution in [2.75, 3.05) is 5.75 Å². The third-order valence-corrected chi connectivity index (χ3v) is 5.93. The minimum absolute atomic E-state index is 0.0558. The summed E-state index contributed by atoms with van der Waals surface area (Å²) in [5, 5.41) is 3.86. The normalized spacial score (nSPS) is 14.6. The molecule has 0 radical (unpaired) electrons. The number of hydrogen-bond donors (Lipinski definition) is 1. The van der Waals surface area contributed by atoms with E-state index in [-0.39, 0.29) is 11.9 Å². The van der Waals surface area contributed by atoms with Crippen molar-refractivity contribution in [3.8, 4) is 0 Å². The standard InChI is InChI=1S/C21H24ClNOS/c1-15(17-7-6-16-4-2-3-5-18(16)14-17)23-21(24)12-13-25-20-10-8-19(22)9-11-20/h6-11,14-15H,2-5,12-13H2,1H3,(H,23,24)/t15-/m0/s1. The van der Waals surface area contributed by atoms with Crippen LogP contribution in [0.3, 0.4) is 0 Å². The quantitative estimate of drug-likeness (QED) is 0.670. The van der Waals surface area contributed by atoms with Gasteiger partial charge < -0.3 is 5.32 Å². The Morgan fingerprint density at radius 1 is 1.12 bits per heavy atom. The van der Waals surface area contributed by atoms with E-state index in [4.69, 9.17) is 11.6 Å². The number of carbonyl (C=O) groups is 1. The maximum Gasteiger partial charge on any atom is 0.221 e. The van der Waals surface area contributed by atoms with Crippen molar-refractivity contribution in [1.29, 1.82) is 0 Å². The molecule has 1 atom stereocenters. The van der Waals surface area contributed by atoms with Gasteiger partial charge in [0.1, 0.15) is 0 Å². The molecule has 1 amide bonds. The first kappa shape index (κ1) is 18.3. The van der Waals surface area contributed by atoms with Gasteiger partial charge in [-0.1, -0.05) is 29.8 Å². The van der Waals surface area contributed by atoms with Crippen molar-refractivity contribution in [2.45, 2.75) is 50.0 Å². The highest BCUT2D eigenvalue weighted by atomic mass is 35.5. The number of nitrogens with one attached hydrogen (secondary N) is 1. The maximum absolute atomic E-state index is 12.2. The molecule has 0 saturated carbocycles. The van der Waals surface area contributed by atoms with Crippen molar-refractivity contribution in [3.05, 3.63) is 64.2 Å².